The third-order valence-corrected chi connectivity index (χ3v) is 5.35. The van der Waals surface area contributed by atoms with Crippen LogP contribution < -0.4 is 10.9 Å². The molecule has 0 aliphatic carbocycles. The summed E-state index contributed by atoms with van der Waals surface area (Å²) in [5.41, 5.74) is 7.82. The number of carbonyl (C=O) groups is 1. The fraction of sp³-hybridized carbons (Fsp3) is 0. The molecule has 0 fully saturated rings. The van der Waals surface area contributed by atoms with E-state index in [9.17, 15) is 4.79 Å². The zero-order valence-corrected chi connectivity index (χ0v) is 17.9. The molecule has 0 saturated carbocycles. The average molecular weight is 488 g/mol. The predicted octanol–water partition coefficient (Wildman–Crippen LogP) is 6.12. The van der Waals surface area contributed by atoms with Gasteiger partial charge in [0.2, 0.25) is 5.95 Å². The van der Waals surface area contributed by atoms with Gasteiger partial charge in [-0.15, -0.1) is 0 Å². The van der Waals surface area contributed by atoms with Gasteiger partial charge in [0.05, 0.1) is 21.8 Å². The van der Waals surface area contributed by atoms with Gasteiger partial charge in [0, 0.05) is 20.4 Å². The summed E-state index contributed by atoms with van der Waals surface area (Å²) < 4.78 is 0.898. The number of halogens is 3. The van der Waals surface area contributed by atoms with E-state index in [4.69, 9.17) is 23.2 Å². The van der Waals surface area contributed by atoms with Crippen molar-refractivity contribution in [2.75, 3.05) is 5.43 Å². The van der Waals surface area contributed by atoms with Gasteiger partial charge in [-0.1, -0.05) is 69.5 Å². The van der Waals surface area contributed by atoms with Crippen molar-refractivity contribution in [2.45, 2.75) is 0 Å². The number of hydrogen-bond acceptors (Lipinski definition) is 4. The lowest BCUT2D eigenvalue weighted by Gasteiger charge is -2.12. The van der Waals surface area contributed by atoms with E-state index in [-0.39, 0.29) is 5.95 Å². The topological polar surface area (TPSA) is 66.9 Å². The van der Waals surface area contributed by atoms with Crippen molar-refractivity contribution in [3.05, 3.63) is 86.8 Å². The Bertz CT molecular complexity index is 1230. The number of rotatable bonds is 4. The summed E-state index contributed by atoms with van der Waals surface area (Å²) >= 11 is 16.0. The molecule has 0 bridgehead atoms. The minimum atomic E-state index is -0.394. The highest BCUT2D eigenvalue weighted by molar-refractivity contribution is 9.10. The molecule has 0 spiro atoms. The van der Waals surface area contributed by atoms with Crippen molar-refractivity contribution in [2.24, 2.45) is 0 Å². The molecule has 1 amide bonds. The van der Waals surface area contributed by atoms with Crippen molar-refractivity contribution >= 4 is 61.9 Å². The lowest BCUT2D eigenvalue weighted by molar-refractivity contribution is 0.0962. The highest BCUT2D eigenvalue weighted by atomic mass is 79.9. The Morgan fingerprint density at radius 2 is 1.62 bits per heavy atom. The predicted molar refractivity (Wildman–Crippen MR) is 120 cm³/mol. The van der Waals surface area contributed by atoms with Crippen LogP contribution in [0.15, 0.2) is 71.2 Å². The summed E-state index contributed by atoms with van der Waals surface area (Å²) in [7, 11) is 0. The molecule has 1 aromatic heterocycles. The van der Waals surface area contributed by atoms with E-state index in [1.54, 1.807) is 30.3 Å². The molecule has 0 unspecified atom stereocenters. The zero-order valence-electron chi connectivity index (χ0n) is 14.8. The molecule has 0 radical (unpaired) electrons. The largest absolute Gasteiger partial charge is 0.271 e. The molecule has 0 aliphatic rings. The number of amides is 1. The number of hydrogen-bond donors (Lipinski definition) is 2. The van der Waals surface area contributed by atoms with Gasteiger partial charge in [-0.2, -0.15) is 0 Å². The molecule has 29 heavy (non-hydrogen) atoms. The summed E-state index contributed by atoms with van der Waals surface area (Å²) in [6.07, 6.45) is 0. The molecule has 4 aromatic rings. The lowest BCUT2D eigenvalue weighted by Crippen LogP contribution is -2.30. The number of anilines is 1. The maximum atomic E-state index is 12.4. The highest BCUT2D eigenvalue weighted by Gasteiger charge is 2.14. The SMILES string of the molecule is O=C(NNc1nc(-c2ccccc2Cl)c2cc(Br)ccc2n1)c1ccccc1Cl. The summed E-state index contributed by atoms with van der Waals surface area (Å²) in [6.45, 7) is 0. The van der Waals surface area contributed by atoms with E-state index in [2.05, 4.69) is 36.7 Å². The lowest BCUT2D eigenvalue weighted by atomic mass is 10.1. The van der Waals surface area contributed by atoms with Crippen LogP contribution in [0.1, 0.15) is 10.4 Å². The standard InChI is InChI=1S/C21H13BrCl2N4O/c22-12-9-10-18-15(11-12)19(13-5-1-3-7-16(13)23)26-21(25-18)28-27-20(29)14-6-2-4-8-17(14)24/h1-11H,(H,27,29)(H,25,26,28). The van der Waals surface area contributed by atoms with Crippen LogP contribution in [0.3, 0.4) is 0 Å². The molecule has 5 nitrogen and oxygen atoms in total. The summed E-state index contributed by atoms with van der Waals surface area (Å²) in [6, 6.07) is 19.9. The fourth-order valence-electron chi connectivity index (χ4n) is 2.84. The number of fused-ring (bicyclic) bond motifs is 1. The smallest absolute Gasteiger partial charge is 0.267 e. The number of aromatic nitrogens is 2. The Morgan fingerprint density at radius 3 is 2.38 bits per heavy atom. The second-order valence-corrected chi connectivity index (χ2v) is 7.83. The third-order valence-electron chi connectivity index (χ3n) is 4.19. The molecule has 3 aromatic carbocycles. The molecule has 0 atom stereocenters. The molecule has 144 valence electrons. The Hall–Kier alpha value is -2.67. The molecule has 4 rings (SSSR count). The van der Waals surface area contributed by atoms with Crippen LogP contribution in [0.4, 0.5) is 5.95 Å². The second kappa shape index (κ2) is 8.37. The molecule has 0 aliphatic heterocycles. The van der Waals surface area contributed by atoms with Gasteiger partial charge in [-0.3, -0.25) is 15.6 Å². The Morgan fingerprint density at radius 1 is 0.897 bits per heavy atom. The van der Waals surface area contributed by atoms with Crippen LogP contribution in [-0.2, 0) is 0 Å². The first-order valence-electron chi connectivity index (χ1n) is 8.56. The first kappa shape index (κ1) is 19.6. The van der Waals surface area contributed by atoms with Crippen LogP contribution in [-0.4, -0.2) is 15.9 Å². The Labute approximate surface area is 185 Å². The number of nitrogens with zero attached hydrogens (tertiary/aromatic N) is 2. The van der Waals surface area contributed by atoms with Crippen molar-refractivity contribution in [3.63, 3.8) is 0 Å². The van der Waals surface area contributed by atoms with Crippen LogP contribution in [0.25, 0.3) is 22.2 Å². The van der Waals surface area contributed by atoms with E-state index < -0.39 is 5.91 Å². The van der Waals surface area contributed by atoms with E-state index in [1.807, 2.05) is 36.4 Å². The maximum Gasteiger partial charge on any atom is 0.271 e. The highest BCUT2D eigenvalue weighted by Crippen LogP contribution is 2.33. The minimum absolute atomic E-state index is 0.232. The van der Waals surface area contributed by atoms with E-state index in [1.165, 1.54) is 0 Å². The van der Waals surface area contributed by atoms with Gasteiger partial charge in [-0.25, -0.2) is 9.97 Å². The molecule has 2 N–H and O–H groups in total. The van der Waals surface area contributed by atoms with Gasteiger partial charge in [0.15, 0.2) is 0 Å². The van der Waals surface area contributed by atoms with Gasteiger partial charge < -0.3 is 0 Å². The molecule has 8 heteroatoms. The third kappa shape index (κ3) is 4.19. The summed E-state index contributed by atoms with van der Waals surface area (Å²) in [4.78, 5) is 21.5. The zero-order chi connectivity index (χ0) is 20.4. The maximum absolute atomic E-state index is 12.4. The van der Waals surface area contributed by atoms with Crippen molar-refractivity contribution in [3.8, 4) is 11.3 Å². The quantitative estimate of drug-likeness (QED) is 0.340. The monoisotopic (exact) mass is 486 g/mol. The van der Waals surface area contributed by atoms with Crippen molar-refractivity contribution in [1.82, 2.24) is 15.4 Å². The van der Waals surface area contributed by atoms with Crippen LogP contribution in [0.2, 0.25) is 10.0 Å². The Balaban J connectivity index is 1.72. The number of hydrazine groups is 1. The van der Waals surface area contributed by atoms with E-state index >= 15 is 0 Å². The van der Waals surface area contributed by atoms with Crippen LogP contribution in [0, 0.1) is 0 Å². The first-order chi connectivity index (χ1) is 14.0. The molecular formula is C21H13BrCl2N4O. The second-order valence-electron chi connectivity index (χ2n) is 6.10. The Kier molecular flexibility index (Phi) is 5.67. The minimum Gasteiger partial charge on any atom is -0.267 e. The number of carbonyl (C=O) groups excluding carboxylic acids is 1. The first-order valence-corrected chi connectivity index (χ1v) is 10.1. The number of benzene rings is 3. The fourth-order valence-corrected chi connectivity index (χ4v) is 3.65. The van der Waals surface area contributed by atoms with Crippen LogP contribution in [0.5, 0.6) is 0 Å². The van der Waals surface area contributed by atoms with Gasteiger partial charge in [-0.05, 0) is 36.4 Å². The van der Waals surface area contributed by atoms with Crippen LogP contribution >= 0.6 is 39.1 Å². The average Bonchev–Trinajstić information content (AvgIpc) is 2.72. The number of nitrogens with one attached hydrogen (secondary N) is 2. The van der Waals surface area contributed by atoms with Crippen molar-refractivity contribution < 1.29 is 4.79 Å². The van der Waals surface area contributed by atoms with Crippen molar-refractivity contribution in [1.29, 1.82) is 0 Å². The van der Waals surface area contributed by atoms with E-state index in [0.717, 1.165) is 15.4 Å². The van der Waals surface area contributed by atoms with Gasteiger partial charge >= 0.3 is 0 Å². The molecule has 0 saturated heterocycles. The normalized spacial score (nSPS) is 10.7. The summed E-state index contributed by atoms with van der Waals surface area (Å²) in [5, 5.41) is 1.75. The van der Waals surface area contributed by atoms with Gasteiger partial charge in [0.1, 0.15) is 0 Å². The molecule has 1 heterocycles. The van der Waals surface area contributed by atoms with E-state index in [0.29, 0.717) is 26.8 Å². The molecular weight excluding hydrogens is 475 g/mol. The van der Waals surface area contributed by atoms with Gasteiger partial charge in [0.25, 0.3) is 5.91 Å². The summed E-state index contributed by atoms with van der Waals surface area (Å²) in [5.74, 6) is -0.162.